The molecule has 0 atom stereocenters. The zero-order valence-electron chi connectivity index (χ0n) is 6.77. The van der Waals surface area contributed by atoms with Gasteiger partial charge in [0.1, 0.15) is 0 Å². The maximum absolute atomic E-state index is 9.39. The van der Waals surface area contributed by atoms with Crippen LogP contribution in [0.3, 0.4) is 0 Å². The van der Waals surface area contributed by atoms with Crippen LogP contribution in [0.25, 0.3) is 0 Å². The van der Waals surface area contributed by atoms with E-state index >= 15 is 0 Å². The lowest BCUT2D eigenvalue weighted by Gasteiger charge is -2.14. The molecular formula is C7H12N4O. The average Bonchev–Trinajstić information content (AvgIpc) is 2.64. The van der Waals surface area contributed by atoms with Gasteiger partial charge >= 0.3 is 0 Å². The number of nitrogens with zero attached hydrogens (tertiary/aromatic N) is 3. The quantitative estimate of drug-likeness (QED) is 0.592. The Morgan fingerprint density at radius 3 is 2.58 bits per heavy atom. The summed E-state index contributed by atoms with van der Waals surface area (Å²) in [6, 6.07) is 0. The number of nitrogens with two attached hydrogens (primary N) is 1. The van der Waals surface area contributed by atoms with Crippen molar-refractivity contribution in [3.63, 3.8) is 0 Å². The third-order valence-corrected chi connectivity index (χ3v) is 2.14. The highest BCUT2D eigenvalue weighted by Crippen LogP contribution is 2.19. The summed E-state index contributed by atoms with van der Waals surface area (Å²) in [5.74, 6) is 0.849. The molecule has 1 aromatic heterocycles. The Bertz CT molecular complexity index is 277. The zero-order valence-corrected chi connectivity index (χ0v) is 6.77. The van der Waals surface area contributed by atoms with Gasteiger partial charge in [0.2, 0.25) is 5.95 Å². The van der Waals surface area contributed by atoms with E-state index in [0.29, 0.717) is 5.95 Å². The first kappa shape index (κ1) is 7.27. The molecule has 1 aliphatic heterocycles. The van der Waals surface area contributed by atoms with Gasteiger partial charge in [-0.15, -0.1) is 4.73 Å². The van der Waals surface area contributed by atoms with Gasteiger partial charge in [0, 0.05) is 13.1 Å². The minimum Gasteiger partial charge on any atom is -0.423 e. The van der Waals surface area contributed by atoms with Crippen LogP contribution in [0, 0.1) is 0 Å². The fraction of sp³-hybridized carbons (Fsp3) is 0.571. The number of nitrogen functional groups attached to an aromatic ring is 1. The molecule has 3 N–H and O–H groups in total. The number of hydrogen-bond donors (Lipinski definition) is 2. The molecule has 5 nitrogen and oxygen atoms in total. The third-order valence-electron chi connectivity index (χ3n) is 2.14. The van der Waals surface area contributed by atoms with Gasteiger partial charge in [-0.25, -0.2) is 4.98 Å². The minimum absolute atomic E-state index is 0.289. The van der Waals surface area contributed by atoms with E-state index in [1.165, 1.54) is 6.20 Å². The number of hydrogen-bond acceptors (Lipinski definition) is 4. The highest BCUT2D eigenvalue weighted by atomic mass is 16.5. The monoisotopic (exact) mass is 168 g/mol. The van der Waals surface area contributed by atoms with Gasteiger partial charge in [0.25, 0.3) is 0 Å². The molecular weight excluding hydrogens is 156 g/mol. The SMILES string of the molecule is Nc1cnc(N2CCCC2)n1O. The Labute approximate surface area is 70.4 Å². The Morgan fingerprint density at radius 1 is 1.42 bits per heavy atom. The molecule has 0 saturated carbocycles. The van der Waals surface area contributed by atoms with Crippen molar-refractivity contribution in [3.05, 3.63) is 6.20 Å². The van der Waals surface area contributed by atoms with Crippen molar-refractivity contribution in [1.82, 2.24) is 9.71 Å². The van der Waals surface area contributed by atoms with E-state index in [-0.39, 0.29) is 5.82 Å². The number of anilines is 2. The molecule has 0 spiro atoms. The third kappa shape index (κ3) is 0.975. The fourth-order valence-electron chi connectivity index (χ4n) is 1.48. The molecule has 2 rings (SSSR count). The molecule has 12 heavy (non-hydrogen) atoms. The number of rotatable bonds is 1. The maximum atomic E-state index is 9.39. The van der Waals surface area contributed by atoms with Crippen molar-refractivity contribution in [2.75, 3.05) is 23.7 Å². The standard InChI is InChI=1S/C7H12N4O/c8-6-5-9-7(11(6)12)10-3-1-2-4-10/h5,12H,1-4,8H2. The summed E-state index contributed by atoms with van der Waals surface area (Å²) in [6.45, 7) is 1.91. The molecule has 1 saturated heterocycles. The normalized spacial score (nSPS) is 17.2. The smallest absolute Gasteiger partial charge is 0.241 e. The number of aromatic nitrogens is 2. The van der Waals surface area contributed by atoms with Gasteiger partial charge in [-0.05, 0) is 12.8 Å². The lowest BCUT2D eigenvalue weighted by molar-refractivity contribution is 0.195. The topological polar surface area (TPSA) is 67.3 Å². The largest absolute Gasteiger partial charge is 0.423 e. The van der Waals surface area contributed by atoms with Crippen LogP contribution in [0.1, 0.15) is 12.8 Å². The van der Waals surface area contributed by atoms with Crippen LogP contribution in [0.4, 0.5) is 11.8 Å². The molecule has 2 heterocycles. The highest BCUT2D eigenvalue weighted by molar-refractivity contribution is 5.41. The van der Waals surface area contributed by atoms with Gasteiger partial charge < -0.3 is 15.8 Å². The summed E-state index contributed by atoms with van der Waals surface area (Å²) >= 11 is 0. The fourth-order valence-corrected chi connectivity index (χ4v) is 1.48. The van der Waals surface area contributed by atoms with E-state index in [4.69, 9.17) is 5.73 Å². The van der Waals surface area contributed by atoms with Crippen LogP contribution in [-0.2, 0) is 0 Å². The average molecular weight is 168 g/mol. The number of imidazole rings is 1. The van der Waals surface area contributed by atoms with Crippen molar-refractivity contribution in [1.29, 1.82) is 0 Å². The van der Waals surface area contributed by atoms with E-state index < -0.39 is 0 Å². The molecule has 0 aromatic carbocycles. The maximum Gasteiger partial charge on any atom is 0.241 e. The predicted molar refractivity (Wildman–Crippen MR) is 45.3 cm³/mol. The van der Waals surface area contributed by atoms with Crippen LogP contribution in [-0.4, -0.2) is 28.0 Å². The van der Waals surface area contributed by atoms with Crippen LogP contribution >= 0.6 is 0 Å². The molecule has 0 bridgehead atoms. The molecule has 66 valence electrons. The van der Waals surface area contributed by atoms with Crippen LogP contribution < -0.4 is 10.6 Å². The first-order valence-electron chi connectivity index (χ1n) is 4.06. The van der Waals surface area contributed by atoms with E-state index in [0.717, 1.165) is 30.7 Å². The van der Waals surface area contributed by atoms with Crippen LogP contribution in [0.5, 0.6) is 0 Å². The zero-order chi connectivity index (χ0) is 8.55. The second-order valence-corrected chi connectivity index (χ2v) is 2.99. The van der Waals surface area contributed by atoms with Gasteiger partial charge in [-0.3, -0.25) is 0 Å². The predicted octanol–water partition coefficient (Wildman–Crippen LogP) is 0.303. The van der Waals surface area contributed by atoms with Crippen molar-refractivity contribution in [3.8, 4) is 0 Å². The summed E-state index contributed by atoms with van der Waals surface area (Å²) in [6.07, 6.45) is 3.78. The van der Waals surface area contributed by atoms with E-state index in [1.807, 2.05) is 4.90 Å². The van der Waals surface area contributed by atoms with Gasteiger partial charge in [0.05, 0.1) is 6.20 Å². The van der Waals surface area contributed by atoms with E-state index in [1.54, 1.807) is 0 Å². The molecule has 1 aromatic rings. The molecule has 1 fully saturated rings. The summed E-state index contributed by atoms with van der Waals surface area (Å²) in [7, 11) is 0. The van der Waals surface area contributed by atoms with Crippen molar-refractivity contribution in [2.24, 2.45) is 0 Å². The first-order valence-corrected chi connectivity index (χ1v) is 4.06. The Kier molecular flexibility index (Phi) is 1.56. The lowest BCUT2D eigenvalue weighted by atomic mass is 10.4. The van der Waals surface area contributed by atoms with Crippen LogP contribution in [0.2, 0.25) is 0 Å². The Balaban J connectivity index is 2.26. The van der Waals surface area contributed by atoms with E-state index in [9.17, 15) is 5.21 Å². The highest BCUT2D eigenvalue weighted by Gasteiger charge is 2.18. The van der Waals surface area contributed by atoms with E-state index in [2.05, 4.69) is 4.98 Å². The second kappa shape index (κ2) is 2.58. The molecule has 0 aliphatic carbocycles. The Hall–Kier alpha value is -1.39. The summed E-state index contributed by atoms with van der Waals surface area (Å²) in [4.78, 5) is 6.04. The lowest BCUT2D eigenvalue weighted by Crippen LogP contribution is -2.21. The first-order chi connectivity index (χ1) is 5.79. The molecule has 5 heteroatoms. The summed E-state index contributed by atoms with van der Waals surface area (Å²) in [5.41, 5.74) is 5.43. The summed E-state index contributed by atoms with van der Waals surface area (Å²) < 4.78 is 0.936. The van der Waals surface area contributed by atoms with Gasteiger partial charge in [0.15, 0.2) is 5.82 Å². The second-order valence-electron chi connectivity index (χ2n) is 2.99. The van der Waals surface area contributed by atoms with Gasteiger partial charge in [-0.2, -0.15) is 0 Å². The molecule has 0 amide bonds. The Morgan fingerprint density at radius 2 is 2.08 bits per heavy atom. The minimum atomic E-state index is 0.289. The van der Waals surface area contributed by atoms with Crippen molar-refractivity contribution < 1.29 is 5.21 Å². The molecule has 0 unspecified atom stereocenters. The van der Waals surface area contributed by atoms with Crippen molar-refractivity contribution in [2.45, 2.75) is 12.8 Å². The van der Waals surface area contributed by atoms with Crippen molar-refractivity contribution >= 4 is 11.8 Å². The summed E-state index contributed by atoms with van der Waals surface area (Å²) in [5, 5.41) is 9.39. The van der Waals surface area contributed by atoms with Gasteiger partial charge in [-0.1, -0.05) is 0 Å². The van der Waals surface area contributed by atoms with Crippen LogP contribution in [0.15, 0.2) is 6.20 Å². The molecule has 0 radical (unpaired) electrons. The molecule has 1 aliphatic rings.